The lowest BCUT2D eigenvalue weighted by molar-refractivity contribution is 0.306. The van der Waals surface area contributed by atoms with Gasteiger partial charge in [0.25, 0.3) is 0 Å². The SMILES string of the molecule is O=S(=O)=CN(CCCc1nc(-c2cc3c(Nc4ccc(OCc5cccc(F)c5)c(Cl)c4)ncnc3cn2)cs1)CCc1ccccn1. The van der Waals surface area contributed by atoms with Crippen molar-refractivity contribution in [2.75, 3.05) is 18.4 Å². The molecule has 0 saturated carbocycles. The number of hydrogen-bond acceptors (Lipinski definition) is 10. The van der Waals surface area contributed by atoms with Gasteiger partial charge in [-0.3, -0.25) is 14.9 Å². The van der Waals surface area contributed by atoms with Crippen molar-refractivity contribution in [3.8, 4) is 17.1 Å². The van der Waals surface area contributed by atoms with Gasteiger partial charge in [-0.2, -0.15) is 8.42 Å². The van der Waals surface area contributed by atoms with Crippen molar-refractivity contribution in [1.29, 1.82) is 0 Å². The maximum Gasteiger partial charge on any atom is 0.225 e. The molecule has 2 aromatic carbocycles. The molecular weight excluding hydrogens is 673 g/mol. The van der Waals surface area contributed by atoms with E-state index in [1.165, 1.54) is 35.3 Å². The lowest BCUT2D eigenvalue weighted by Gasteiger charge is -2.15. The van der Waals surface area contributed by atoms with Crippen molar-refractivity contribution in [2.24, 2.45) is 0 Å². The normalized spacial score (nSPS) is 11.1. The molecule has 6 rings (SSSR count). The summed E-state index contributed by atoms with van der Waals surface area (Å²) in [7, 11) is -2.29. The van der Waals surface area contributed by atoms with Crippen LogP contribution in [0.2, 0.25) is 5.02 Å². The average Bonchev–Trinajstić information content (AvgIpc) is 3.56. The maximum atomic E-state index is 13.5. The minimum atomic E-state index is -2.29. The fourth-order valence-electron chi connectivity index (χ4n) is 4.94. The molecule has 0 aliphatic carbocycles. The Bertz CT molecular complexity index is 2160. The molecule has 0 radical (unpaired) electrons. The lowest BCUT2D eigenvalue weighted by Crippen LogP contribution is -2.26. The number of anilines is 2. The second kappa shape index (κ2) is 15.8. The van der Waals surface area contributed by atoms with Crippen molar-refractivity contribution in [1.82, 2.24) is 29.8 Å². The van der Waals surface area contributed by atoms with Gasteiger partial charge in [0.1, 0.15) is 35.8 Å². The predicted octanol–water partition coefficient (Wildman–Crippen LogP) is 6.77. The largest absolute Gasteiger partial charge is 0.487 e. The molecule has 48 heavy (non-hydrogen) atoms. The standard InChI is InChI=1S/C34H29ClFN7O3S2/c35-28-16-26(9-10-32(28)46-19-23-5-3-6-24(36)15-23)41-34-27-17-29(38-18-30(27)39-21-40-34)31-20-47-33(42-31)8-4-13-43(22-48(44)45)14-11-25-7-1-2-12-37-25/h1-3,5-7,9-10,12,15-18,20-22H,4,8,11,13-14,19H2,(H,39,40,41). The molecule has 14 heteroatoms. The van der Waals surface area contributed by atoms with Crippen molar-refractivity contribution >= 4 is 61.1 Å². The van der Waals surface area contributed by atoms with Crippen LogP contribution < -0.4 is 10.1 Å². The third-order valence-corrected chi connectivity index (χ3v) is 8.94. The molecule has 6 aromatic rings. The van der Waals surface area contributed by atoms with E-state index < -0.39 is 10.3 Å². The summed E-state index contributed by atoms with van der Waals surface area (Å²) in [6.45, 7) is 1.30. The Balaban J connectivity index is 1.10. The molecule has 0 aliphatic heterocycles. The number of nitrogens with zero attached hydrogens (tertiary/aromatic N) is 6. The van der Waals surface area contributed by atoms with Gasteiger partial charge < -0.3 is 10.1 Å². The number of hydrogen-bond donors (Lipinski definition) is 1. The highest BCUT2D eigenvalue weighted by Crippen LogP contribution is 2.32. The van der Waals surface area contributed by atoms with Gasteiger partial charge in [0.2, 0.25) is 10.3 Å². The molecule has 0 fully saturated rings. The third-order valence-electron chi connectivity index (χ3n) is 7.27. The average molecular weight is 702 g/mol. The Labute approximate surface area is 286 Å². The summed E-state index contributed by atoms with van der Waals surface area (Å²) in [5, 5.41) is 7.34. The van der Waals surface area contributed by atoms with E-state index in [9.17, 15) is 12.8 Å². The zero-order valence-electron chi connectivity index (χ0n) is 25.5. The molecule has 4 aromatic heterocycles. The van der Waals surface area contributed by atoms with Gasteiger partial charge >= 0.3 is 0 Å². The van der Waals surface area contributed by atoms with Crippen LogP contribution >= 0.6 is 22.9 Å². The molecule has 0 unspecified atom stereocenters. The van der Waals surface area contributed by atoms with Gasteiger partial charge in [0.05, 0.1) is 33.1 Å². The molecular formula is C34H29ClFN7O3S2. The Kier molecular flexibility index (Phi) is 10.9. The van der Waals surface area contributed by atoms with Gasteiger partial charge in [-0.1, -0.05) is 29.8 Å². The van der Waals surface area contributed by atoms with E-state index in [4.69, 9.17) is 21.3 Å². The number of ether oxygens (including phenoxy) is 1. The topological polar surface area (TPSA) is 123 Å². The van der Waals surface area contributed by atoms with E-state index in [2.05, 4.69) is 25.3 Å². The van der Waals surface area contributed by atoms with E-state index in [-0.39, 0.29) is 12.4 Å². The Morgan fingerprint density at radius 2 is 1.88 bits per heavy atom. The van der Waals surface area contributed by atoms with Crippen molar-refractivity contribution < 1.29 is 17.5 Å². The fourth-order valence-corrected chi connectivity index (χ4v) is 6.46. The van der Waals surface area contributed by atoms with Crippen LogP contribution in [0.25, 0.3) is 22.3 Å². The maximum absolute atomic E-state index is 13.5. The van der Waals surface area contributed by atoms with Gasteiger partial charge in [-0.05, 0) is 60.5 Å². The highest BCUT2D eigenvalue weighted by Gasteiger charge is 2.13. The summed E-state index contributed by atoms with van der Waals surface area (Å²) in [6.07, 6.45) is 6.95. The Morgan fingerprint density at radius 1 is 0.958 bits per heavy atom. The molecule has 244 valence electrons. The Morgan fingerprint density at radius 3 is 2.69 bits per heavy atom. The number of aromatic nitrogens is 5. The molecule has 0 spiro atoms. The zero-order chi connectivity index (χ0) is 33.3. The van der Waals surface area contributed by atoms with Crippen molar-refractivity contribution in [2.45, 2.75) is 25.9 Å². The van der Waals surface area contributed by atoms with E-state index in [0.717, 1.165) is 28.2 Å². The van der Waals surface area contributed by atoms with Gasteiger partial charge in [-0.25, -0.2) is 19.3 Å². The van der Waals surface area contributed by atoms with Gasteiger partial charge in [0.15, 0.2) is 0 Å². The summed E-state index contributed by atoms with van der Waals surface area (Å²) in [5.74, 6) is 0.720. The van der Waals surface area contributed by atoms with Crippen molar-refractivity contribution in [3.05, 3.63) is 118 Å². The summed E-state index contributed by atoms with van der Waals surface area (Å²) in [5.41, 5.74) is 5.60. The number of rotatable bonds is 14. The van der Waals surface area contributed by atoms with Crippen LogP contribution in [0.5, 0.6) is 5.75 Å². The molecule has 0 aliphatic rings. The molecule has 0 amide bonds. The van der Waals surface area contributed by atoms with Crippen LogP contribution in [0, 0.1) is 5.82 Å². The zero-order valence-corrected chi connectivity index (χ0v) is 27.8. The lowest BCUT2D eigenvalue weighted by atomic mass is 10.2. The van der Waals surface area contributed by atoms with Crippen LogP contribution in [0.4, 0.5) is 15.9 Å². The predicted molar refractivity (Wildman–Crippen MR) is 187 cm³/mol. The van der Waals surface area contributed by atoms with Gasteiger partial charge in [-0.15, -0.1) is 11.3 Å². The minimum absolute atomic E-state index is 0.183. The first-order valence-corrected chi connectivity index (χ1v) is 17.4. The molecule has 0 bridgehead atoms. The second-order valence-electron chi connectivity index (χ2n) is 10.7. The first-order chi connectivity index (χ1) is 23.4. The molecule has 1 N–H and O–H groups in total. The van der Waals surface area contributed by atoms with E-state index in [1.807, 2.05) is 35.7 Å². The highest BCUT2D eigenvalue weighted by atomic mass is 35.5. The minimum Gasteiger partial charge on any atom is -0.487 e. The van der Waals surface area contributed by atoms with Crippen LogP contribution in [0.3, 0.4) is 0 Å². The van der Waals surface area contributed by atoms with Crippen molar-refractivity contribution in [3.63, 3.8) is 0 Å². The van der Waals surface area contributed by atoms with E-state index in [1.54, 1.807) is 41.6 Å². The van der Waals surface area contributed by atoms with Crippen LogP contribution in [0.15, 0.2) is 90.8 Å². The molecule has 10 nitrogen and oxygen atoms in total. The molecule has 0 atom stereocenters. The summed E-state index contributed by atoms with van der Waals surface area (Å²) in [4.78, 5) is 24.3. The smallest absolute Gasteiger partial charge is 0.225 e. The quantitative estimate of drug-likeness (QED) is 0.122. The first-order valence-electron chi connectivity index (χ1n) is 15.0. The second-order valence-corrected chi connectivity index (χ2v) is 12.8. The monoisotopic (exact) mass is 701 g/mol. The highest BCUT2D eigenvalue weighted by molar-refractivity contribution is 7.71. The summed E-state index contributed by atoms with van der Waals surface area (Å²) >= 11 is 8.05. The number of aryl methyl sites for hydroxylation is 1. The number of fused-ring (bicyclic) bond motifs is 1. The molecule has 0 saturated heterocycles. The number of thiazole rings is 1. The number of pyridine rings is 2. The first kappa shape index (κ1) is 33.1. The van der Waals surface area contributed by atoms with Gasteiger partial charge in [0, 0.05) is 54.3 Å². The van der Waals surface area contributed by atoms with E-state index >= 15 is 0 Å². The van der Waals surface area contributed by atoms with Crippen LogP contribution in [-0.2, 0) is 29.7 Å². The number of halogens is 2. The Hall–Kier alpha value is -4.82. The summed E-state index contributed by atoms with van der Waals surface area (Å²) in [6, 6.07) is 19.1. The van der Waals surface area contributed by atoms with Crippen LogP contribution in [-0.4, -0.2) is 56.8 Å². The fraction of sp³-hybridized carbons (Fsp3) is 0.176. The van der Waals surface area contributed by atoms with E-state index in [0.29, 0.717) is 65.0 Å². The number of nitrogens with one attached hydrogen (secondary N) is 1. The molecule has 4 heterocycles. The van der Waals surface area contributed by atoms with Crippen LogP contribution in [0.1, 0.15) is 22.7 Å². The number of benzene rings is 2. The third kappa shape index (κ3) is 8.95. The summed E-state index contributed by atoms with van der Waals surface area (Å²) < 4.78 is 42.1.